The highest BCUT2D eigenvalue weighted by Gasteiger charge is 2.37. The minimum absolute atomic E-state index is 0.242. The van der Waals surface area contributed by atoms with Gasteiger partial charge >= 0.3 is 11.9 Å². The summed E-state index contributed by atoms with van der Waals surface area (Å²) in [5, 5.41) is 0. The van der Waals surface area contributed by atoms with Crippen molar-refractivity contribution in [3.05, 3.63) is 0 Å². The Morgan fingerprint density at radius 2 is 1.09 bits per heavy atom. The normalized spacial score (nSPS) is 20.0. The van der Waals surface area contributed by atoms with Crippen molar-refractivity contribution >= 4 is 11.9 Å². The summed E-state index contributed by atoms with van der Waals surface area (Å²) in [7, 11) is 0. The van der Waals surface area contributed by atoms with Gasteiger partial charge in [-0.25, -0.2) is 0 Å². The van der Waals surface area contributed by atoms with Gasteiger partial charge in [0.15, 0.2) is 0 Å². The number of esters is 2. The molecule has 1 aliphatic rings. The van der Waals surface area contributed by atoms with E-state index in [2.05, 4.69) is 27.7 Å². The SMILES string of the molecule is CCCCC(CC)COCCOC(=O)C1CCCCC1C(=O)OCCOCC(CC)CCCC. The monoisotopic (exact) mass is 484 g/mol. The van der Waals surface area contributed by atoms with E-state index in [0.717, 1.165) is 25.7 Å². The Morgan fingerprint density at radius 3 is 1.44 bits per heavy atom. The summed E-state index contributed by atoms with van der Waals surface area (Å²) in [6.45, 7) is 11.5. The standard InChI is InChI=1S/C28H52O6/c1-5-9-13-23(7-3)21-31-17-19-33-27(29)25-15-11-12-16-26(25)28(30)34-20-18-32-22-24(8-4)14-10-6-2/h23-26H,5-22H2,1-4H3. The third-order valence-electron chi connectivity index (χ3n) is 7.11. The number of unbranched alkanes of at least 4 members (excludes halogenated alkanes) is 2. The Bertz CT molecular complexity index is 477. The van der Waals surface area contributed by atoms with Crippen LogP contribution in [-0.4, -0.2) is 51.6 Å². The lowest BCUT2D eigenvalue weighted by Gasteiger charge is -2.28. The van der Waals surface area contributed by atoms with E-state index in [4.69, 9.17) is 18.9 Å². The summed E-state index contributed by atoms with van der Waals surface area (Å²) in [5.41, 5.74) is 0. The summed E-state index contributed by atoms with van der Waals surface area (Å²) in [5.74, 6) is -0.257. The Balaban J connectivity index is 2.29. The smallest absolute Gasteiger partial charge is 0.309 e. The number of ether oxygens (including phenoxy) is 4. The highest BCUT2D eigenvalue weighted by atomic mass is 16.6. The lowest BCUT2D eigenvalue weighted by atomic mass is 9.79. The first kappa shape index (κ1) is 30.9. The van der Waals surface area contributed by atoms with E-state index in [1.165, 1.54) is 38.5 Å². The van der Waals surface area contributed by atoms with Crippen molar-refractivity contribution in [3.8, 4) is 0 Å². The van der Waals surface area contributed by atoms with E-state index in [1.807, 2.05) is 0 Å². The molecule has 1 aliphatic carbocycles. The van der Waals surface area contributed by atoms with E-state index >= 15 is 0 Å². The van der Waals surface area contributed by atoms with Gasteiger partial charge in [0.05, 0.1) is 25.0 Å². The highest BCUT2D eigenvalue weighted by molar-refractivity contribution is 5.82. The molecular formula is C28H52O6. The molecule has 0 saturated heterocycles. The van der Waals surface area contributed by atoms with Crippen LogP contribution in [0.4, 0.5) is 0 Å². The van der Waals surface area contributed by atoms with Gasteiger partial charge in [-0.2, -0.15) is 0 Å². The van der Waals surface area contributed by atoms with Crippen molar-refractivity contribution in [1.29, 1.82) is 0 Å². The second-order valence-corrected chi connectivity index (χ2v) is 9.82. The molecule has 4 unspecified atom stereocenters. The van der Waals surface area contributed by atoms with Crippen molar-refractivity contribution in [2.45, 2.75) is 105 Å². The van der Waals surface area contributed by atoms with Crippen molar-refractivity contribution < 1.29 is 28.5 Å². The minimum atomic E-state index is -0.409. The summed E-state index contributed by atoms with van der Waals surface area (Å²) in [6.07, 6.45) is 12.7. The van der Waals surface area contributed by atoms with Crippen molar-refractivity contribution in [2.24, 2.45) is 23.7 Å². The van der Waals surface area contributed by atoms with Gasteiger partial charge in [-0.05, 0) is 37.5 Å². The molecule has 0 N–H and O–H groups in total. The molecule has 1 saturated carbocycles. The molecule has 34 heavy (non-hydrogen) atoms. The molecule has 1 rings (SSSR count). The van der Waals surface area contributed by atoms with E-state index in [-0.39, 0.29) is 25.2 Å². The Hall–Kier alpha value is -1.14. The number of carbonyl (C=O) groups is 2. The summed E-state index contributed by atoms with van der Waals surface area (Å²) < 4.78 is 22.4. The topological polar surface area (TPSA) is 71.1 Å². The van der Waals surface area contributed by atoms with Gasteiger partial charge < -0.3 is 18.9 Å². The van der Waals surface area contributed by atoms with Crippen LogP contribution in [0.2, 0.25) is 0 Å². The molecule has 6 heteroatoms. The van der Waals surface area contributed by atoms with E-state index < -0.39 is 11.8 Å². The molecule has 0 aromatic rings. The number of rotatable bonds is 20. The van der Waals surface area contributed by atoms with Crippen LogP contribution in [0.5, 0.6) is 0 Å². The van der Waals surface area contributed by atoms with Crippen molar-refractivity contribution in [2.75, 3.05) is 39.6 Å². The summed E-state index contributed by atoms with van der Waals surface area (Å²) in [4.78, 5) is 25.3. The zero-order valence-electron chi connectivity index (χ0n) is 22.5. The third kappa shape index (κ3) is 13.1. The first-order valence-corrected chi connectivity index (χ1v) is 14.1. The Labute approximate surface area is 208 Å². The maximum absolute atomic E-state index is 12.7. The Kier molecular flexibility index (Phi) is 18.3. The highest BCUT2D eigenvalue weighted by Crippen LogP contribution is 2.32. The molecule has 0 aromatic heterocycles. The van der Waals surface area contributed by atoms with E-state index in [0.29, 0.717) is 51.1 Å². The average molecular weight is 485 g/mol. The van der Waals surface area contributed by atoms with Crippen LogP contribution in [0.3, 0.4) is 0 Å². The van der Waals surface area contributed by atoms with Gasteiger partial charge in [0.1, 0.15) is 13.2 Å². The van der Waals surface area contributed by atoms with Crippen molar-refractivity contribution in [1.82, 2.24) is 0 Å². The quantitative estimate of drug-likeness (QED) is 0.148. The van der Waals surface area contributed by atoms with Crippen LogP contribution in [-0.2, 0) is 28.5 Å². The maximum atomic E-state index is 12.7. The predicted octanol–water partition coefficient (Wildman–Crippen LogP) is 6.35. The molecule has 6 nitrogen and oxygen atoms in total. The zero-order chi connectivity index (χ0) is 25.0. The van der Waals surface area contributed by atoms with Gasteiger partial charge in [-0.15, -0.1) is 0 Å². The van der Waals surface area contributed by atoms with Crippen molar-refractivity contribution in [3.63, 3.8) is 0 Å². The van der Waals surface area contributed by atoms with Gasteiger partial charge in [-0.1, -0.05) is 79.1 Å². The fourth-order valence-electron chi connectivity index (χ4n) is 4.61. The largest absolute Gasteiger partial charge is 0.463 e. The van der Waals surface area contributed by atoms with Crippen LogP contribution < -0.4 is 0 Å². The second kappa shape index (κ2) is 20.1. The van der Waals surface area contributed by atoms with Gasteiger partial charge in [0.25, 0.3) is 0 Å². The fraction of sp³-hybridized carbons (Fsp3) is 0.929. The fourth-order valence-corrected chi connectivity index (χ4v) is 4.61. The molecule has 1 fully saturated rings. The van der Waals surface area contributed by atoms with Crippen LogP contribution >= 0.6 is 0 Å². The molecule has 0 bridgehead atoms. The Morgan fingerprint density at radius 1 is 0.676 bits per heavy atom. The molecule has 0 radical (unpaired) electrons. The number of hydrogen-bond donors (Lipinski definition) is 0. The summed E-state index contributed by atoms with van der Waals surface area (Å²) >= 11 is 0. The molecule has 0 heterocycles. The first-order valence-electron chi connectivity index (χ1n) is 14.1. The third-order valence-corrected chi connectivity index (χ3v) is 7.11. The molecule has 0 aliphatic heterocycles. The second-order valence-electron chi connectivity index (χ2n) is 9.82. The summed E-state index contributed by atoms with van der Waals surface area (Å²) in [6, 6.07) is 0. The lowest BCUT2D eigenvalue weighted by Crippen LogP contribution is -2.35. The number of carbonyl (C=O) groups excluding carboxylic acids is 2. The van der Waals surface area contributed by atoms with Gasteiger partial charge in [0.2, 0.25) is 0 Å². The van der Waals surface area contributed by atoms with Crippen LogP contribution in [0, 0.1) is 23.7 Å². The van der Waals surface area contributed by atoms with Crippen LogP contribution in [0.25, 0.3) is 0 Å². The maximum Gasteiger partial charge on any atom is 0.309 e. The van der Waals surface area contributed by atoms with Crippen LogP contribution in [0.15, 0.2) is 0 Å². The van der Waals surface area contributed by atoms with E-state index in [1.54, 1.807) is 0 Å². The lowest BCUT2D eigenvalue weighted by molar-refractivity contribution is -0.164. The average Bonchev–Trinajstić information content (AvgIpc) is 2.86. The molecule has 4 atom stereocenters. The predicted molar refractivity (Wildman–Crippen MR) is 136 cm³/mol. The zero-order valence-corrected chi connectivity index (χ0v) is 22.5. The molecular weight excluding hydrogens is 432 g/mol. The van der Waals surface area contributed by atoms with Gasteiger partial charge in [0, 0.05) is 13.2 Å². The molecule has 0 aromatic carbocycles. The van der Waals surface area contributed by atoms with E-state index in [9.17, 15) is 9.59 Å². The number of hydrogen-bond acceptors (Lipinski definition) is 6. The minimum Gasteiger partial charge on any atom is -0.463 e. The van der Waals surface area contributed by atoms with Gasteiger partial charge in [-0.3, -0.25) is 9.59 Å². The van der Waals surface area contributed by atoms with Crippen LogP contribution in [0.1, 0.15) is 105 Å². The first-order chi connectivity index (χ1) is 16.6. The molecule has 200 valence electrons. The molecule has 0 amide bonds. The molecule has 0 spiro atoms.